The normalized spacial score (nSPS) is 11.4. The molecule has 5 nitrogen and oxygen atoms in total. The van der Waals surface area contributed by atoms with E-state index in [1.807, 2.05) is 13.8 Å². The van der Waals surface area contributed by atoms with Crippen molar-refractivity contribution in [1.29, 1.82) is 0 Å². The molecule has 1 heterocycles. The lowest BCUT2D eigenvalue weighted by atomic mass is 9.93. The number of hydrogen-bond acceptors (Lipinski definition) is 3. The summed E-state index contributed by atoms with van der Waals surface area (Å²) in [4.78, 5) is 18.5. The van der Waals surface area contributed by atoms with Crippen LogP contribution >= 0.6 is 0 Å². The maximum atomic E-state index is 11.6. The number of aromatic nitrogens is 2. The quantitative estimate of drug-likeness (QED) is 0.634. The second-order valence-electron chi connectivity index (χ2n) is 3.81. The molecule has 1 amide bonds. The molecule has 0 unspecified atom stereocenters. The van der Waals surface area contributed by atoms with Crippen LogP contribution in [0.15, 0.2) is 12.4 Å². The fourth-order valence-electron chi connectivity index (χ4n) is 0.891. The van der Waals surface area contributed by atoms with Crippen LogP contribution in [0.3, 0.4) is 0 Å². The zero-order valence-corrected chi connectivity index (χ0v) is 8.50. The van der Waals surface area contributed by atoms with Crippen molar-refractivity contribution in [2.75, 3.05) is 6.54 Å². The van der Waals surface area contributed by atoms with Crippen molar-refractivity contribution >= 4 is 5.91 Å². The molecule has 1 aromatic heterocycles. The molecule has 5 heteroatoms. The molecule has 4 N–H and O–H groups in total. The van der Waals surface area contributed by atoms with Gasteiger partial charge < -0.3 is 16.0 Å². The molecule has 0 bridgehead atoms. The summed E-state index contributed by atoms with van der Waals surface area (Å²) in [7, 11) is 0. The highest BCUT2D eigenvalue weighted by molar-refractivity contribution is 5.81. The number of H-pyrrole nitrogens is 1. The van der Waals surface area contributed by atoms with E-state index in [4.69, 9.17) is 5.73 Å². The third-order valence-electron chi connectivity index (χ3n) is 2.10. The summed E-state index contributed by atoms with van der Waals surface area (Å²) in [6.07, 6.45) is 3.37. The summed E-state index contributed by atoms with van der Waals surface area (Å²) in [5.41, 5.74) is 4.95. The summed E-state index contributed by atoms with van der Waals surface area (Å²) < 4.78 is 0. The molecule has 78 valence electrons. The van der Waals surface area contributed by atoms with Crippen LogP contribution in [0, 0.1) is 5.41 Å². The molecule has 0 saturated heterocycles. The number of rotatable bonds is 4. The van der Waals surface area contributed by atoms with Gasteiger partial charge in [-0.3, -0.25) is 4.79 Å². The van der Waals surface area contributed by atoms with Gasteiger partial charge in [0.05, 0.1) is 12.0 Å². The van der Waals surface area contributed by atoms with Crippen LogP contribution in [-0.4, -0.2) is 22.4 Å². The lowest BCUT2D eigenvalue weighted by Gasteiger charge is -2.20. The van der Waals surface area contributed by atoms with Gasteiger partial charge >= 0.3 is 0 Å². The SMILES string of the molecule is CC(C)(CN)C(=O)NCc1ncc[nH]1. The van der Waals surface area contributed by atoms with E-state index >= 15 is 0 Å². The van der Waals surface area contributed by atoms with Crippen LogP contribution in [0.5, 0.6) is 0 Å². The van der Waals surface area contributed by atoms with Crippen LogP contribution in [0.2, 0.25) is 0 Å². The average Bonchev–Trinajstić information content (AvgIpc) is 2.66. The molecule has 14 heavy (non-hydrogen) atoms. The van der Waals surface area contributed by atoms with E-state index < -0.39 is 5.41 Å². The predicted molar refractivity (Wildman–Crippen MR) is 53.3 cm³/mol. The van der Waals surface area contributed by atoms with Gasteiger partial charge in [0.1, 0.15) is 5.82 Å². The van der Waals surface area contributed by atoms with Gasteiger partial charge in [0, 0.05) is 18.9 Å². The van der Waals surface area contributed by atoms with Crippen LogP contribution in [-0.2, 0) is 11.3 Å². The fraction of sp³-hybridized carbons (Fsp3) is 0.556. The van der Waals surface area contributed by atoms with Gasteiger partial charge in [-0.1, -0.05) is 0 Å². The molecular formula is C9H16N4O. The van der Waals surface area contributed by atoms with Gasteiger partial charge in [0.2, 0.25) is 5.91 Å². The van der Waals surface area contributed by atoms with Crippen LogP contribution in [0.1, 0.15) is 19.7 Å². The van der Waals surface area contributed by atoms with E-state index in [9.17, 15) is 4.79 Å². The fourth-order valence-corrected chi connectivity index (χ4v) is 0.891. The molecule has 0 saturated carbocycles. The number of aromatic amines is 1. The minimum absolute atomic E-state index is 0.0589. The Hall–Kier alpha value is -1.36. The Balaban J connectivity index is 2.43. The first kappa shape index (κ1) is 10.7. The van der Waals surface area contributed by atoms with Crippen LogP contribution in [0.25, 0.3) is 0 Å². The lowest BCUT2D eigenvalue weighted by Crippen LogP contribution is -2.41. The van der Waals surface area contributed by atoms with Crippen molar-refractivity contribution in [3.63, 3.8) is 0 Å². The number of carbonyl (C=O) groups excluding carboxylic acids is 1. The van der Waals surface area contributed by atoms with Crippen molar-refractivity contribution in [2.45, 2.75) is 20.4 Å². The van der Waals surface area contributed by atoms with Crippen molar-refractivity contribution in [2.24, 2.45) is 11.1 Å². The number of carbonyl (C=O) groups is 1. The number of amides is 1. The number of nitrogens with one attached hydrogen (secondary N) is 2. The van der Waals surface area contributed by atoms with Gasteiger partial charge in [-0.15, -0.1) is 0 Å². The second kappa shape index (κ2) is 4.23. The summed E-state index contributed by atoms with van der Waals surface area (Å²) >= 11 is 0. The first-order valence-electron chi connectivity index (χ1n) is 4.53. The van der Waals surface area contributed by atoms with Crippen molar-refractivity contribution in [1.82, 2.24) is 15.3 Å². The smallest absolute Gasteiger partial charge is 0.227 e. The molecular weight excluding hydrogens is 180 g/mol. The van der Waals surface area contributed by atoms with Crippen molar-refractivity contribution in [3.8, 4) is 0 Å². The molecule has 0 aliphatic rings. The molecule has 0 aromatic carbocycles. The predicted octanol–water partition coefficient (Wildman–Crippen LogP) is 0.0108. The first-order chi connectivity index (χ1) is 6.56. The zero-order valence-electron chi connectivity index (χ0n) is 8.50. The second-order valence-corrected chi connectivity index (χ2v) is 3.81. The van der Waals surface area contributed by atoms with Crippen molar-refractivity contribution in [3.05, 3.63) is 18.2 Å². The largest absolute Gasteiger partial charge is 0.348 e. The Kier molecular flexibility index (Phi) is 3.24. The minimum atomic E-state index is -0.521. The minimum Gasteiger partial charge on any atom is -0.348 e. The van der Waals surface area contributed by atoms with E-state index in [2.05, 4.69) is 15.3 Å². The van der Waals surface area contributed by atoms with E-state index in [1.54, 1.807) is 12.4 Å². The summed E-state index contributed by atoms with van der Waals surface area (Å²) in [6.45, 7) is 4.36. The van der Waals surface area contributed by atoms with E-state index in [0.29, 0.717) is 13.1 Å². The Morgan fingerprint density at radius 3 is 2.93 bits per heavy atom. The van der Waals surface area contributed by atoms with Gasteiger partial charge in [-0.25, -0.2) is 4.98 Å². The lowest BCUT2D eigenvalue weighted by molar-refractivity contribution is -0.129. The van der Waals surface area contributed by atoms with Gasteiger partial charge in [0.25, 0.3) is 0 Å². The number of nitrogens with zero attached hydrogens (tertiary/aromatic N) is 1. The molecule has 1 aromatic rings. The Bertz CT molecular complexity index is 292. The molecule has 0 spiro atoms. The third kappa shape index (κ3) is 2.56. The molecule has 1 rings (SSSR count). The molecule has 0 aliphatic heterocycles. The van der Waals surface area contributed by atoms with Crippen molar-refractivity contribution < 1.29 is 4.79 Å². The molecule has 0 radical (unpaired) electrons. The first-order valence-corrected chi connectivity index (χ1v) is 4.53. The standard InChI is InChI=1S/C9H16N4O/c1-9(2,6-10)8(14)13-5-7-11-3-4-12-7/h3-4H,5-6,10H2,1-2H3,(H,11,12)(H,13,14). The Morgan fingerprint density at radius 2 is 2.43 bits per heavy atom. The number of imidazole rings is 1. The van der Waals surface area contributed by atoms with E-state index in [-0.39, 0.29) is 5.91 Å². The highest BCUT2D eigenvalue weighted by atomic mass is 16.2. The third-order valence-corrected chi connectivity index (χ3v) is 2.10. The van der Waals surface area contributed by atoms with E-state index in [0.717, 1.165) is 5.82 Å². The summed E-state index contributed by atoms with van der Waals surface area (Å²) in [5, 5.41) is 2.76. The number of nitrogens with two attached hydrogens (primary N) is 1. The van der Waals surface area contributed by atoms with Crippen LogP contribution in [0.4, 0.5) is 0 Å². The Labute approximate surface area is 83.1 Å². The summed E-state index contributed by atoms with van der Waals surface area (Å²) in [5.74, 6) is 0.683. The molecule has 0 aliphatic carbocycles. The maximum Gasteiger partial charge on any atom is 0.227 e. The van der Waals surface area contributed by atoms with Gasteiger partial charge in [-0.2, -0.15) is 0 Å². The monoisotopic (exact) mass is 196 g/mol. The van der Waals surface area contributed by atoms with Gasteiger partial charge in [-0.05, 0) is 13.8 Å². The number of hydrogen-bond donors (Lipinski definition) is 3. The highest BCUT2D eigenvalue weighted by Gasteiger charge is 2.25. The summed E-state index contributed by atoms with van der Waals surface area (Å²) in [6, 6.07) is 0. The maximum absolute atomic E-state index is 11.6. The Morgan fingerprint density at radius 1 is 1.71 bits per heavy atom. The zero-order chi connectivity index (χ0) is 10.6. The van der Waals surface area contributed by atoms with Crippen LogP contribution < -0.4 is 11.1 Å². The highest BCUT2D eigenvalue weighted by Crippen LogP contribution is 2.12. The topological polar surface area (TPSA) is 83.8 Å². The molecule has 0 fully saturated rings. The average molecular weight is 196 g/mol. The van der Waals surface area contributed by atoms with E-state index in [1.165, 1.54) is 0 Å². The molecule has 0 atom stereocenters. The van der Waals surface area contributed by atoms with Gasteiger partial charge in [0.15, 0.2) is 0 Å².